The smallest absolute Gasteiger partial charge is 0.335 e. The molecule has 2 rings (SSSR count). The molecule has 0 spiro atoms. The highest BCUT2D eigenvalue weighted by atomic mass is 28.3. The molecule has 1 aromatic carbocycles. The van der Waals surface area contributed by atoms with Crippen LogP contribution in [0.25, 0.3) is 0 Å². The molecule has 6 heteroatoms. The molecule has 0 radical (unpaired) electrons. The summed E-state index contributed by atoms with van der Waals surface area (Å²) in [5, 5.41) is 9.40. The van der Waals surface area contributed by atoms with Gasteiger partial charge in [0.15, 0.2) is 11.6 Å². The molecule has 180 valence electrons. The number of benzene rings is 1. The normalized spacial score (nSPS) is 19.1. The highest BCUT2D eigenvalue weighted by Crippen LogP contribution is 2.39. The summed E-state index contributed by atoms with van der Waals surface area (Å²) in [6.07, 6.45) is 9.72. The predicted molar refractivity (Wildman–Crippen MR) is 129 cm³/mol. The second-order valence-corrected chi connectivity index (χ2v) is 14.7. The quantitative estimate of drug-likeness (QED) is 0.172. The van der Waals surface area contributed by atoms with E-state index in [1.54, 1.807) is 6.07 Å². The number of halogens is 2. The first kappa shape index (κ1) is 26.7. The topological polar surface area (TPSA) is 46.5 Å². The van der Waals surface area contributed by atoms with Crippen LogP contribution >= 0.6 is 0 Å². The minimum Gasteiger partial charge on any atom is -0.462 e. The number of esters is 1. The van der Waals surface area contributed by atoms with E-state index < -0.39 is 32.3 Å². The molecule has 32 heavy (non-hydrogen) atoms. The molecular weight excluding hydrogens is 426 g/mol. The number of aliphatic hydroxyl groups is 1. The number of hydrogen-bond acceptors (Lipinski definition) is 3. The van der Waals surface area contributed by atoms with Gasteiger partial charge in [0.1, 0.15) is 0 Å². The molecule has 1 aromatic rings. The van der Waals surface area contributed by atoms with Crippen LogP contribution in [0.5, 0.6) is 0 Å². The fourth-order valence-corrected chi connectivity index (χ4v) is 7.36. The van der Waals surface area contributed by atoms with Gasteiger partial charge in [-0.1, -0.05) is 70.5 Å². The average molecular weight is 467 g/mol. The zero-order valence-corrected chi connectivity index (χ0v) is 21.0. The molecular formula is C26H40F2O3Si. The minimum absolute atomic E-state index is 0.0141. The van der Waals surface area contributed by atoms with E-state index in [0.29, 0.717) is 23.2 Å². The molecule has 1 aliphatic carbocycles. The lowest BCUT2D eigenvalue weighted by Crippen LogP contribution is -2.44. The van der Waals surface area contributed by atoms with Gasteiger partial charge in [0.2, 0.25) is 0 Å². The summed E-state index contributed by atoms with van der Waals surface area (Å²) in [6.45, 7) is 9.42. The monoisotopic (exact) mass is 466 g/mol. The number of unbranched alkanes of at least 4 members (excludes halogenated alkanes) is 2. The Morgan fingerprint density at radius 1 is 1.12 bits per heavy atom. The van der Waals surface area contributed by atoms with E-state index >= 15 is 8.78 Å². The van der Waals surface area contributed by atoms with Crippen molar-refractivity contribution in [3.8, 4) is 0 Å². The first-order chi connectivity index (χ1) is 15.2. The Balaban J connectivity index is 1.95. The van der Waals surface area contributed by atoms with Crippen molar-refractivity contribution < 1.29 is 23.4 Å². The molecule has 0 saturated heterocycles. The fraction of sp³-hybridized carbons (Fsp3) is 0.654. The molecule has 1 N–H and O–H groups in total. The second-order valence-electron chi connectivity index (χ2n) is 9.93. The molecule has 0 amide bonds. The molecule has 0 aromatic heterocycles. The van der Waals surface area contributed by atoms with Gasteiger partial charge in [-0.3, -0.25) is 0 Å². The van der Waals surface area contributed by atoms with Gasteiger partial charge < -0.3 is 9.84 Å². The molecule has 0 heterocycles. The zero-order chi connectivity index (χ0) is 23.7. The highest BCUT2D eigenvalue weighted by Gasteiger charge is 2.31. The summed E-state index contributed by atoms with van der Waals surface area (Å²) in [5.41, 5.74) is 0.555. The van der Waals surface area contributed by atoms with Crippen LogP contribution < -0.4 is 5.19 Å². The fourth-order valence-electron chi connectivity index (χ4n) is 4.83. The minimum atomic E-state index is -2.24. The van der Waals surface area contributed by atoms with Crippen LogP contribution in [0.15, 0.2) is 24.3 Å². The van der Waals surface area contributed by atoms with Crippen LogP contribution in [0.4, 0.5) is 8.78 Å². The number of carbonyl (C=O) groups excluding carboxylic acids is 1. The van der Waals surface area contributed by atoms with E-state index in [4.69, 9.17) is 9.84 Å². The maximum Gasteiger partial charge on any atom is 0.335 e. The van der Waals surface area contributed by atoms with Crippen LogP contribution in [0, 0.1) is 17.6 Å². The molecule has 0 unspecified atom stereocenters. The molecule has 0 bridgehead atoms. The zero-order valence-electron chi connectivity index (χ0n) is 20.0. The van der Waals surface area contributed by atoms with Gasteiger partial charge in [-0.25, -0.2) is 13.6 Å². The third kappa shape index (κ3) is 7.24. The van der Waals surface area contributed by atoms with Crippen molar-refractivity contribution in [2.45, 2.75) is 89.8 Å². The van der Waals surface area contributed by atoms with Crippen molar-refractivity contribution >= 4 is 19.2 Å². The van der Waals surface area contributed by atoms with Gasteiger partial charge in [-0.05, 0) is 54.7 Å². The Morgan fingerprint density at radius 3 is 2.44 bits per heavy atom. The van der Waals surface area contributed by atoms with Crippen molar-refractivity contribution in [2.24, 2.45) is 5.92 Å². The van der Waals surface area contributed by atoms with Crippen LogP contribution in [-0.4, -0.2) is 32.4 Å². The Kier molecular flexibility index (Phi) is 10.6. The first-order valence-electron chi connectivity index (χ1n) is 12.1. The van der Waals surface area contributed by atoms with E-state index in [9.17, 15) is 4.79 Å². The standard InChI is InChI=1S/C26H40F2O3Si/c1-5-6-7-9-20-10-12-21(13-11-20)22-14-15-23(25(28)24(22)27)32(3,4)17-8-16-31-26(30)19(2)18-29/h14-15,20-21,29H,2,5-13,16-18H2,1,3-4H3. The SMILES string of the molecule is C=C(CO)C(=O)OCCC[Si](C)(C)c1ccc(C2CCC(CCCCC)CC2)c(F)c1F. The van der Waals surface area contributed by atoms with Crippen molar-refractivity contribution in [3.63, 3.8) is 0 Å². The molecule has 1 saturated carbocycles. The third-order valence-corrected chi connectivity index (χ3v) is 10.5. The van der Waals surface area contributed by atoms with Gasteiger partial charge in [0, 0.05) is 0 Å². The van der Waals surface area contributed by atoms with E-state index in [1.165, 1.54) is 25.7 Å². The van der Waals surface area contributed by atoms with Gasteiger partial charge in [0.05, 0.1) is 26.9 Å². The van der Waals surface area contributed by atoms with Crippen LogP contribution in [0.3, 0.4) is 0 Å². The summed E-state index contributed by atoms with van der Waals surface area (Å²) >= 11 is 0. The lowest BCUT2D eigenvalue weighted by molar-refractivity contribution is -0.139. The van der Waals surface area contributed by atoms with Crippen LogP contribution in [0.2, 0.25) is 19.1 Å². The largest absolute Gasteiger partial charge is 0.462 e. The molecule has 3 nitrogen and oxygen atoms in total. The van der Waals surface area contributed by atoms with Gasteiger partial charge in [0.25, 0.3) is 0 Å². The Bertz CT molecular complexity index is 771. The van der Waals surface area contributed by atoms with Crippen molar-refractivity contribution in [2.75, 3.05) is 13.2 Å². The lowest BCUT2D eigenvalue weighted by atomic mass is 9.77. The van der Waals surface area contributed by atoms with Crippen molar-refractivity contribution in [3.05, 3.63) is 41.5 Å². The van der Waals surface area contributed by atoms with E-state index in [1.807, 2.05) is 19.2 Å². The number of hydrogen-bond donors (Lipinski definition) is 1. The van der Waals surface area contributed by atoms with Gasteiger partial charge in [-0.2, -0.15) is 0 Å². The highest BCUT2D eigenvalue weighted by molar-refractivity contribution is 6.89. The van der Waals surface area contributed by atoms with E-state index in [2.05, 4.69) is 13.5 Å². The van der Waals surface area contributed by atoms with Gasteiger partial charge >= 0.3 is 5.97 Å². The van der Waals surface area contributed by atoms with Crippen molar-refractivity contribution in [1.82, 2.24) is 0 Å². The number of rotatable bonds is 12. The number of ether oxygens (including phenoxy) is 1. The summed E-state index contributed by atoms with van der Waals surface area (Å²) in [5.74, 6) is -1.11. The molecule has 0 aliphatic heterocycles. The molecule has 0 atom stereocenters. The predicted octanol–water partition coefficient (Wildman–Crippen LogP) is 6.22. The maximum atomic E-state index is 15.1. The Hall–Kier alpha value is -1.53. The van der Waals surface area contributed by atoms with Crippen LogP contribution in [-0.2, 0) is 9.53 Å². The van der Waals surface area contributed by atoms with Gasteiger partial charge in [-0.15, -0.1) is 0 Å². The summed E-state index contributed by atoms with van der Waals surface area (Å²) in [6, 6.07) is 4.28. The van der Waals surface area contributed by atoms with E-state index in [-0.39, 0.29) is 18.1 Å². The summed E-state index contributed by atoms with van der Waals surface area (Å²) in [4.78, 5) is 11.6. The molecule has 1 aliphatic rings. The second kappa shape index (κ2) is 12.6. The van der Waals surface area contributed by atoms with Crippen molar-refractivity contribution in [1.29, 1.82) is 0 Å². The average Bonchev–Trinajstić information content (AvgIpc) is 2.78. The lowest BCUT2D eigenvalue weighted by Gasteiger charge is -2.30. The summed E-state index contributed by atoms with van der Waals surface area (Å²) < 4.78 is 35.3. The maximum absolute atomic E-state index is 15.1. The van der Waals surface area contributed by atoms with E-state index in [0.717, 1.165) is 31.6 Å². The Morgan fingerprint density at radius 2 is 1.81 bits per heavy atom. The Labute approximate surface area is 193 Å². The number of aliphatic hydroxyl groups excluding tert-OH is 1. The summed E-state index contributed by atoms with van der Waals surface area (Å²) in [7, 11) is -2.24. The molecule has 1 fully saturated rings. The third-order valence-electron chi connectivity index (χ3n) is 7.00. The van der Waals surface area contributed by atoms with Crippen LogP contribution in [0.1, 0.15) is 76.2 Å². The first-order valence-corrected chi connectivity index (χ1v) is 15.4. The number of carbonyl (C=O) groups is 1.